The standard InChI is InChI=1S/C12H17FN2O6S2/c1-3-4-10(12(16)17)15-23(20,21)11-6-5-8(7-9(11)13)14-22(2,18)19/h5-7,10,14-15H,3-4H2,1-2H3,(H,16,17). The molecule has 0 aliphatic heterocycles. The molecule has 1 unspecified atom stereocenters. The highest BCUT2D eigenvalue weighted by molar-refractivity contribution is 7.92. The molecule has 0 bridgehead atoms. The van der Waals surface area contributed by atoms with Crippen LogP contribution in [0.25, 0.3) is 0 Å². The molecule has 0 saturated heterocycles. The number of carbonyl (C=O) groups is 1. The van der Waals surface area contributed by atoms with Crippen molar-refractivity contribution >= 4 is 31.7 Å². The van der Waals surface area contributed by atoms with Gasteiger partial charge in [-0.05, 0) is 24.6 Å². The number of aliphatic carboxylic acids is 1. The molecule has 23 heavy (non-hydrogen) atoms. The second kappa shape index (κ2) is 7.23. The molecule has 1 aromatic rings. The average Bonchev–Trinajstić information content (AvgIpc) is 2.35. The van der Waals surface area contributed by atoms with E-state index in [2.05, 4.69) is 0 Å². The lowest BCUT2D eigenvalue weighted by atomic mass is 10.2. The summed E-state index contributed by atoms with van der Waals surface area (Å²) in [6.45, 7) is 1.68. The first-order valence-corrected chi connectivity index (χ1v) is 9.86. The Balaban J connectivity index is 3.11. The van der Waals surface area contributed by atoms with E-state index in [1.54, 1.807) is 6.92 Å². The Morgan fingerprint density at radius 2 is 1.91 bits per heavy atom. The number of nitrogens with one attached hydrogen (secondary N) is 2. The third-order valence-electron chi connectivity index (χ3n) is 2.70. The number of carboxylic acids is 1. The van der Waals surface area contributed by atoms with E-state index in [-0.39, 0.29) is 12.1 Å². The number of benzene rings is 1. The Kier molecular flexibility index (Phi) is 6.08. The van der Waals surface area contributed by atoms with Gasteiger partial charge < -0.3 is 5.11 Å². The van der Waals surface area contributed by atoms with Gasteiger partial charge in [0.15, 0.2) is 0 Å². The van der Waals surface area contributed by atoms with Gasteiger partial charge in [0.1, 0.15) is 16.8 Å². The molecule has 0 spiro atoms. The summed E-state index contributed by atoms with van der Waals surface area (Å²) in [6.07, 6.45) is 1.32. The zero-order chi connectivity index (χ0) is 17.8. The predicted octanol–water partition coefficient (Wildman–Crippen LogP) is 0.729. The van der Waals surface area contributed by atoms with Crippen molar-refractivity contribution in [3.63, 3.8) is 0 Å². The van der Waals surface area contributed by atoms with Crippen LogP contribution < -0.4 is 9.44 Å². The summed E-state index contributed by atoms with van der Waals surface area (Å²) in [5.41, 5.74) is -0.146. The van der Waals surface area contributed by atoms with Crippen LogP contribution >= 0.6 is 0 Å². The van der Waals surface area contributed by atoms with Gasteiger partial charge >= 0.3 is 5.97 Å². The molecule has 0 aliphatic carbocycles. The van der Waals surface area contributed by atoms with Crippen LogP contribution in [0.3, 0.4) is 0 Å². The van der Waals surface area contributed by atoms with E-state index in [0.717, 1.165) is 18.4 Å². The van der Waals surface area contributed by atoms with Gasteiger partial charge in [0.25, 0.3) is 0 Å². The molecule has 0 heterocycles. The average molecular weight is 368 g/mol. The minimum atomic E-state index is -4.40. The van der Waals surface area contributed by atoms with Crippen LogP contribution in [0.5, 0.6) is 0 Å². The maximum absolute atomic E-state index is 14.0. The first-order chi connectivity index (χ1) is 10.5. The third-order valence-corrected chi connectivity index (χ3v) is 4.81. The second-order valence-corrected chi connectivity index (χ2v) is 8.25. The van der Waals surface area contributed by atoms with Gasteiger partial charge in [0, 0.05) is 0 Å². The van der Waals surface area contributed by atoms with Crippen molar-refractivity contribution < 1.29 is 31.1 Å². The quantitative estimate of drug-likeness (QED) is 0.620. The highest BCUT2D eigenvalue weighted by Gasteiger charge is 2.27. The maximum Gasteiger partial charge on any atom is 0.321 e. The van der Waals surface area contributed by atoms with Gasteiger partial charge in [-0.1, -0.05) is 13.3 Å². The van der Waals surface area contributed by atoms with Crippen molar-refractivity contribution in [3.8, 4) is 0 Å². The van der Waals surface area contributed by atoms with E-state index < -0.39 is 42.8 Å². The molecule has 11 heteroatoms. The van der Waals surface area contributed by atoms with E-state index in [0.29, 0.717) is 12.5 Å². The van der Waals surface area contributed by atoms with E-state index in [9.17, 15) is 26.0 Å². The molecule has 0 fully saturated rings. The molecule has 0 aliphatic rings. The Labute approximate surface area is 133 Å². The fourth-order valence-electron chi connectivity index (χ4n) is 1.77. The molecule has 130 valence electrons. The van der Waals surface area contributed by atoms with Crippen LogP contribution in [0, 0.1) is 5.82 Å². The van der Waals surface area contributed by atoms with Gasteiger partial charge in [-0.2, -0.15) is 4.72 Å². The van der Waals surface area contributed by atoms with Crippen LogP contribution in [0.15, 0.2) is 23.1 Å². The Hall–Kier alpha value is -1.72. The van der Waals surface area contributed by atoms with Crippen LogP contribution in [0.4, 0.5) is 10.1 Å². The van der Waals surface area contributed by atoms with Crippen molar-refractivity contribution in [1.82, 2.24) is 4.72 Å². The first kappa shape index (κ1) is 19.3. The molecule has 3 N–H and O–H groups in total. The van der Waals surface area contributed by atoms with Gasteiger partial charge in [-0.25, -0.2) is 21.2 Å². The summed E-state index contributed by atoms with van der Waals surface area (Å²) >= 11 is 0. The van der Waals surface area contributed by atoms with Crippen LogP contribution in [0.2, 0.25) is 0 Å². The number of sulfonamides is 2. The summed E-state index contributed by atoms with van der Waals surface area (Å²) in [5.74, 6) is -2.57. The Morgan fingerprint density at radius 3 is 2.35 bits per heavy atom. The van der Waals surface area contributed by atoms with Crippen molar-refractivity contribution in [2.75, 3.05) is 11.0 Å². The fraction of sp³-hybridized carbons (Fsp3) is 0.417. The number of hydrogen-bond acceptors (Lipinski definition) is 5. The SMILES string of the molecule is CCCC(NS(=O)(=O)c1ccc(NS(C)(=O)=O)cc1F)C(=O)O. The minimum absolute atomic E-state index is 0.0455. The number of rotatable bonds is 8. The molecule has 0 saturated carbocycles. The highest BCUT2D eigenvalue weighted by Crippen LogP contribution is 2.20. The Bertz CT molecular complexity index is 792. The molecular formula is C12H17FN2O6S2. The van der Waals surface area contributed by atoms with Crippen molar-refractivity contribution in [2.24, 2.45) is 0 Å². The lowest BCUT2D eigenvalue weighted by Crippen LogP contribution is -2.40. The van der Waals surface area contributed by atoms with Gasteiger partial charge in [-0.3, -0.25) is 9.52 Å². The zero-order valence-corrected chi connectivity index (χ0v) is 14.0. The third kappa shape index (κ3) is 5.77. The molecule has 1 atom stereocenters. The second-order valence-electron chi connectivity index (χ2n) is 4.82. The normalized spacial score (nSPS) is 13.5. The van der Waals surface area contributed by atoms with E-state index in [4.69, 9.17) is 5.11 Å². The fourth-order valence-corrected chi connectivity index (χ4v) is 3.61. The molecule has 0 amide bonds. The number of carboxylic acid groups (broad SMARTS) is 1. The van der Waals surface area contributed by atoms with Crippen molar-refractivity contribution in [1.29, 1.82) is 0 Å². The lowest BCUT2D eigenvalue weighted by molar-refractivity contribution is -0.139. The summed E-state index contributed by atoms with van der Waals surface area (Å²) in [5, 5.41) is 8.96. The van der Waals surface area contributed by atoms with E-state index in [1.165, 1.54) is 0 Å². The molecular weight excluding hydrogens is 351 g/mol. The zero-order valence-electron chi connectivity index (χ0n) is 12.4. The van der Waals surface area contributed by atoms with Crippen molar-refractivity contribution in [2.45, 2.75) is 30.7 Å². The molecule has 1 rings (SSSR count). The predicted molar refractivity (Wildman–Crippen MR) is 81.5 cm³/mol. The summed E-state index contributed by atoms with van der Waals surface area (Å²) in [6, 6.07) is 1.24. The van der Waals surface area contributed by atoms with Gasteiger partial charge in [0.2, 0.25) is 20.0 Å². The van der Waals surface area contributed by atoms with E-state index in [1.807, 2.05) is 9.44 Å². The summed E-state index contributed by atoms with van der Waals surface area (Å²) in [7, 11) is -8.04. The molecule has 0 aromatic heterocycles. The number of halogens is 1. The van der Waals surface area contributed by atoms with Gasteiger partial charge in [0.05, 0.1) is 11.9 Å². The minimum Gasteiger partial charge on any atom is -0.480 e. The smallest absolute Gasteiger partial charge is 0.321 e. The van der Waals surface area contributed by atoms with Crippen LogP contribution in [0.1, 0.15) is 19.8 Å². The highest BCUT2D eigenvalue weighted by atomic mass is 32.2. The maximum atomic E-state index is 14.0. The van der Waals surface area contributed by atoms with Gasteiger partial charge in [-0.15, -0.1) is 0 Å². The molecule has 0 radical (unpaired) electrons. The summed E-state index contributed by atoms with van der Waals surface area (Å²) < 4.78 is 64.2. The topological polar surface area (TPSA) is 130 Å². The van der Waals surface area contributed by atoms with Crippen LogP contribution in [-0.4, -0.2) is 40.2 Å². The summed E-state index contributed by atoms with van der Waals surface area (Å²) in [4.78, 5) is 10.2. The van der Waals surface area contributed by atoms with Crippen LogP contribution in [-0.2, 0) is 24.8 Å². The Morgan fingerprint density at radius 1 is 1.30 bits per heavy atom. The number of anilines is 1. The molecule has 8 nitrogen and oxygen atoms in total. The van der Waals surface area contributed by atoms with E-state index >= 15 is 0 Å². The first-order valence-electron chi connectivity index (χ1n) is 6.48. The molecule has 1 aromatic carbocycles. The largest absolute Gasteiger partial charge is 0.480 e. The monoisotopic (exact) mass is 368 g/mol. The lowest BCUT2D eigenvalue weighted by Gasteiger charge is -2.14. The van der Waals surface area contributed by atoms with Crippen molar-refractivity contribution in [3.05, 3.63) is 24.0 Å². The number of hydrogen-bond donors (Lipinski definition) is 3.